The molecule has 0 bridgehead atoms. The Morgan fingerprint density at radius 1 is 1.17 bits per heavy atom. The number of carbonyl (C=O) groups is 2. The van der Waals surface area contributed by atoms with E-state index >= 15 is 0 Å². The number of amides is 1. The van der Waals surface area contributed by atoms with Crippen LogP contribution in [0.2, 0.25) is 0 Å². The van der Waals surface area contributed by atoms with Crippen LogP contribution in [0.15, 0.2) is 42.5 Å². The molecule has 24 heavy (non-hydrogen) atoms. The zero-order valence-electron chi connectivity index (χ0n) is 13.3. The highest BCUT2D eigenvalue weighted by atomic mass is 16.7. The number of hydrogen-bond donors (Lipinski definition) is 0. The van der Waals surface area contributed by atoms with Crippen LogP contribution in [-0.2, 0) is 0 Å². The Hall–Kier alpha value is -3.08. The minimum absolute atomic E-state index is 0.174. The van der Waals surface area contributed by atoms with Gasteiger partial charge in [-0.3, -0.25) is 14.5 Å². The molecule has 1 amide bonds. The summed E-state index contributed by atoms with van der Waals surface area (Å²) in [4.78, 5) is 25.1. The Balaban J connectivity index is 1.82. The molecule has 0 aliphatic carbocycles. The van der Waals surface area contributed by atoms with E-state index in [1.165, 1.54) is 4.90 Å². The monoisotopic (exact) mass is 321 g/mol. The van der Waals surface area contributed by atoms with E-state index in [2.05, 4.69) is 0 Å². The molecule has 4 rings (SSSR count). The summed E-state index contributed by atoms with van der Waals surface area (Å²) in [5.74, 6) is -0.420. The van der Waals surface area contributed by atoms with E-state index in [0.717, 1.165) is 17.4 Å². The van der Waals surface area contributed by atoms with E-state index < -0.39 is 5.91 Å². The highest BCUT2D eigenvalue weighted by Crippen LogP contribution is 2.40. The third-order valence-corrected chi connectivity index (χ3v) is 4.33. The van der Waals surface area contributed by atoms with Crippen molar-refractivity contribution in [2.75, 3.05) is 7.05 Å². The maximum Gasteiger partial charge on any atom is 0.362 e. The summed E-state index contributed by atoms with van der Waals surface area (Å²) in [6.07, 6.45) is 4.31. The van der Waals surface area contributed by atoms with E-state index in [-0.39, 0.29) is 5.91 Å². The average Bonchev–Trinajstić information content (AvgIpc) is 2.60. The Morgan fingerprint density at radius 3 is 2.75 bits per heavy atom. The van der Waals surface area contributed by atoms with Gasteiger partial charge in [-0.05, 0) is 42.8 Å². The normalized spacial score (nSPS) is 20.9. The fourth-order valence-electron chi connectivity index (χ4n) is 3.05. The molecule has 5 nitrogen and oxygen atoms in total. The van der Waals surface area contributed by atoms with E-state index in [1.807, 2.05) is 19.1 Å². The molecular formula is C19H15NO4. The van der Waals surface area contributed by atoms with Gasteiger partial charge >= 0.3 is 5.91 Å². The summed E-state index contributed by atoms with van der Waals surface area (Å²) < 4.78 is 12.1. The molecule has 0 fully saturated rings. The topological polar surface area (TPSA) is 55.8 Å². The van der Waals surface area contributed by atoms with Crippen molar-refractivity contribution in [2.45, 2.75) is 12.8 Å². The Bertz CT molecular complexity index is 902. The lowest BCUT2D eigenvalue weighted by Gasteiger charge is -2.44. The molecule has 2 aromatic rings. The van der Waals surface area contributed by atoms with Crippen LogP contribution in [0.25, 0.3) is 6.08 Å². The molecule has 2 aliphatic rings. The fourth-order valence-corrected chi connectivity index (χ4v) is 3.05. The molecule has 2 heterocycles. The van der Waals surface area contributed by atoms with E-state index in [9.17, 15) is 9.59 Å². The first-order valence-corrected chi connectivity index (χ1v) is 7.58. The quantitative estimate of drug-likeness (QED) is 0.758. The van der Waals surface area contributed by atoms with Gasteiger partial charge in [0.05, 0.1) is 5.56 Å². The zero-order chi connectivity index (χ0) is 16.9. The lowest BCUT2D eigenvalue weighted by atomic mass is 10.0. The number of fused-ring (bicyclic) bond motifs is 2. The van der Waals surface area contributed by atoms with Gasteiger partial charge in [0.15, 0.2) is 0 Å². The van der Waals surface area contributed by atoms with Gasteiger partial charge in [0, 0.05) is 24.3 Å². The number of aldehydes is 1. The van der Waals surface area contributed by atoms with E-state index in [1.54, 1.807) is 43.5 Å². The lowest BCUT2D eigenvalue weighted by Crippen LogP contribution is -2.60. The summed E-state index contributed by atoms with van der Waals surface area (Å²) in [6.45, 7) is 1.86. The molecular weight excluding hydrogens is 306 g/mol. The molecule has 5 heteroatoms. The van der Waals surface area contributed by atoms with Gasteiger partial charge < -0.3 is 9.47 Å². The number of ether oxygens (including phenoxy) is 2. The van der Waals surface area contributed by atoms with Crippen LogP contribution in [0, 0.1) is 6.92 Å². The van der Waals surface area contributed by atoms with Crippen molar-refractivity contribution in [2.24, 2.45) is 0 Å². The van der Waals surface area contributed by atoms with Gasteiger partial charge in [-0.25, -0.2) is 0 Å². The third kappa shape index (κ3) is 1.94. The molecule has 0 saturated carbocycles. The van der Waals surface area contributed by atoms with Crippen molar-refractivity contribution >= 4 is 18.3 Å². The Morgan fingerprint density at radius 2 is 1.96 bits per heavy atom. The van der Waals surface area contributed by atoms with Crippen LogP contribution in [-0.4, -0.2) is 30.1 Å². The van der Waals surface area contributed by atoms with Crippen LogP contribution in [0.4, 0.5) is 0 Å². The molecule has 1 unspecified atom stereocenters. The van der Waals surface area contributed by atoms with Crippen LogP contribution < -0.4 is 9.47 Å². The summed E-state index contributed by atoms with van der Waals surface area (Å²) in [5, 5.41) is 0. The number of aryl methyl sites for hydroxylation is 1. The van der Waals surface area contributed by atoms with E-state index in [4.69, 9.17) is 9.47 Å². The van der Waals surface area contributed by atoms with Crippen molar-refractivity contribution in [1.29, 1.82) is 0 Å². The van der Waals surface area contributed by atoms with Crippen molar-refractivity contribution in [3.8, 4) is 11.5 Å². The van der Waals surface area contributed by atoms with Crippen molar-refractivity contribution < 1.29 is 19.1 Å². The molecule has 1 atom stereocenters. The summed E-state index contributed by atoms with van der Waals surface area (Å²) >= 11 is 0. The van der Waals surface area contributed by atoms with Crippen LogP contribution in [0.1, 0.15) is 31.8 Å². The highest BCUT2D eigenvalue weighted by molar-refractivity contribution is 5.98. The van der Waals surface area contributed by atoms with Crippen molar-refractivity contribution in [3.05, 3.63) is 64.7 Å². The molecule has 120 valence electrons. The molecule has 0 N–H and O–H groups in total. The van der Waals surface area contributed by atoms with Gasteiger partial charge in [-0.15, -0.1) is 0 Å². The van der Waals surface area contributed by atoms with Crippen LogP contribution in [0.3, 0.4) is 0 Å². The standard InChI is InChI=1S/C19H15NO4/c1-12-9-13(11-21)10-14-7-8-19(24-17(12)14)20(2)18(22)15-5-3-4-6-16(15)23-19/h3-11H,1-2H3. The van der Waals surface area contributed by atoms with Gasteiger partial charge in [0.2, 0.25) is 0 Å². The van der Waals surface area contributed by atoms with Gasteiger partial charge in [-0.2, -0.15) is 0 Å². The number of rotatable bonds is 1. The Kier molecular flexibility index (Phi) is 3.00. The SMILES string of the molecule is Cc1cc(C=O)cc2c1OC1(C=C2)Oc2ccccc2C(=O)N1C. The number of hydrogen-bond acceptors (Lipinski definition) is 4. The molecule has 0 saturated heterocycles. The van der Waals surface area contributed by atoms with Gasteiger partial charge in [0.1, 0.15) is 17.8 Å². The van der Waals surface area contributed by atoms with Crippen molar-refractivity contribution in [1.82, 2.24) is 4.90 Å². The number of nitrogens with zero attached hydrogens (tertiary/aromatic N) is 1. The second-order valence-electron chi connectivity index (χ2n) is 5.90. The predicted octanol–water partition coefficient (Wildman–Crippen LogP) is 3.03. The minimum atomic E-state index is -1.33. The van der Waals surface area contributed by atoms with Crippen LogP contribution >= 0.6 is 0 Å². The predicted molar refractivity (Wildman–Crippen MR) is 88.1 cm³/mol. The average molecular weight is 321 g/mol. The minimum Gasteiger partial charge on any atom is -0.431 e. The highest BCUT2D eigenvalue weighted by Gasteiger charge is 2.47. The first-order chi connectivity index (χ1) is 11.5. The Labute approximate surface area is 139 Å². The second-order valence-corrected chi connectivity index (χ2v) is 5.90. The molecule has 1 spiro atoms. The second kappa shape index (κ2) is 4.96. The first-order valence-electron chi connectivity index (χ1n) is 7.58. The van der Waals surface area contributed by atoms with Gasteiger partial charge in [-0.1, -0.05) is 12.1 Å². The lowest BCUT2D eigenvalue weighted by molar-refractivity contribution is -0.166. The first kappa shape index (κ1) is 14.5. The smallest absolute Gasteiger partial charge is 0.362 e. The van der Waals surface area contributed by atoms with Gasteiger partial charge in [0.25, 0.3) is 5.91 Å². The zero-order valence-corrected chi connectivity index (χ0v) is 13.3. The summed E-state index contributed by atoms with van der Waals surface area (Å²) in [5.41, 5.74) is 2.67. The van der Waals surface area contributed by atoms with Crippen molar-refractivity contribution in [3.63, 3.8) is 0 Å². The number of benzene rings is 2. The molecule has 2 aromatic carbocycles. The summed E-state index contributed by atoms with van der Waals surface area (Å²) in [7, 11) is 1.64. The molecule has 0 radical (unpaired) electrons. The largest absolute Gasteiger partial charge is 0.431 e. The van der Waals surface area contributed by atoms with Crippen LogP contribution in [0.5, 0.6) is 11.5 Å². The maximum atomic E-state index is 12.7. The number of para-hydroxylation sites is 1. The molecule has 2 aliphatic heterocycles. The number of carbonyl (C=O) groups excluding carboxylic acids is 2. The van der Waals surface area contributed by atoms with E-state index in [0.29, 0.717) is 22.6 Å². The molecule has 0 aromatic heterocycles. The third-order valence-electron chi connectivity index (χ3n) is 4.33. The fraction of sp³-hybridized carbons (Fsp3) is 0.158. The summed E-state index contributed by atoms with van der Waals surface area (Å²) in [6, 6.07) is 10.6. The maximum absolute atomic E-state index is 12.7. The number of likely N-dealkylation sites (N-methyl/N-ethyl adjacent to an activating group) is 1.